The summed E-state index contributed by atoms with van der Waals surface area (Å²) < 4.78 is 0. The smallest absolute Gasteiger partial charge is 0.0991 e. The quantitative estimate of drug-likeness (QED) is 0.134. The van der Waals surface area contributed by atoms with Crippen LogP contribution in [0.25, 0.3) is 22.3 Å². The number of nitrogens with zero attached hydrogens (tertiary/aromatic N) is 2. The lowest BCUT2D eigenvalue weighted by Crippen LogP contribution is -1.87. The first-order valence-corrected chi connectivity index (χ1v) is 16.4. The molecule has 0 spiro atoms. The highest BCUT2D eigenvalue weighted by molar-refractivity contribution is 5.65. The summed E-state index contributed by atoms with van der Waals surface area (Å²) in [6.07, 6.45) is 17.1. The molecule has 0 atom stereocenters. The van der Waals surface area contributed by atoms with Crippen LogP contribution in [0.15, 0.2) is 97.1 Å². The largest absolute Gasteiger partial charge is 0.192 e. The van der Waals surface area contributed by atoms with Gasteiger partial charge in [-0.3, -0.25) is 0 Å². The van der Waals surface area contributed by atoms with Crippen molar-refractivity contribution in [3.8, 4) is 34.4 Å². The highest BCUT2D eigenvalue weighted by Gasteiger charge is 2.01. The average molecular weight is 569 g/mol. The second kappa shape index (κ2) is 19.9. The minimum atomic E-state index is 0.711. The lowest BCUT2D eigenvalue weighted by Gasteiger charge is -2.05. The molecular formula is C41H48N2. The molecule has 2 nitrogen and oxygen atoms in total. The fourth-order valence-corrected chi connectivity index (χ4v) is 5.24. The SMILES string of the molecule is CCCCCCCCc1ccc(-c2ccc(C#N)cc2)cc1.CCCCCCCc1ccc(-c2ccc(C#N)cc2)cc1. The zero-order valence-electron chi connectivity index (χ0n) is 26.3. The number of aryl methyl sites for hydroxylation is 2. The Labute approximate surface area is 261 Å². The van der Waals surface area contributed by atoms with Gasteiger partial charge >= 0.3 is 0 Å². The Morgan fingerprint density at radius 2 is 0.651 bits per heavy atom. The third-order valence-corrected chi connectivity index (χ3v) is 7.99. The minimum absolute atomic E-state index is 0.711. The molecule has 0 radical (unpaired) electrons. The molecule has 0 unspecified atom stereocenters. The summed E-state index contributed by atoms with van der Waals surface area (Å²) in [4.78, 5) is 0. The van der Waals surface area contributed by atoms with Crippen LogP contribution in [-0.4, -0.2) is 0 Å². The van der Waals surface area contributed by atoms with E-state index in [2.05, 4.69) is 74.5 Å². The molecule has 0 aromatic heterocycles. The number of rotatable bonds is 15. The van der Waals surface area contributed by atoms with Crippen LogP contribution in [0.1, 0.15) is 107 Å². The van der Waals surface area contributed by atoms with Crippen molar-refractivity contribution in [1.82, 2.24) is 0 Å². The molecule has 0 saturated carbocycles. The molecule has 0 N–H and O–H groups in total. The molecule has 0 saturated heterocycles. The third kappa shape index (κ3) is 12.3. The maximum absolute atomic E-state index is 8.84. The number of benzene rings is 4. The molecule has 4 aromatic carbocycles. The van der Waals surface area contributed by atoms with E-state index in [1.54, 1.807) is 0 Å². The summed E-state index contributed by atoms with van der Waals surface area (Å²) in [5.41, 5.74) is 9.04. The van der Waals surface area contributed by atoms with Crippen LogP contribution in [0, 0.1) is 22.7 Å². The fourth-order valence-electron chi connectivity index (χ4n) is 5.24. The summed E-state index contributed by atoms with van der Waals surface area (Å²) in [6.45, 7) is 4.51. The maximum Gasteiger partial charge on any atom is 0.0991 e. The van der Waals surface area contributed by atoms with E-state index in [-0.39, 0.29) is 0 Å². The molecule has 2 heteroatoms. The van der Waals surface area contributed by atoms with Gasteiger partial charge in [0, 0.05) is 0 Å². The Balaban J connectivity index is 0.000000236. The molecule has 0 aliphatic rings. The lowest BCUT2D eigenvalue weighted by atomic mass is 10.00. The number of nitriles is 2. The summed E-state index contributed by atoms with van der Waals surface area (Å²) in [5, 5.41) is 17.7. The predicted molar refractivity (Wildman–Crippen MR) is 183 cm³/mol. The molecular weight excluding hydrogens is 520 g/mol. The molecule has 0 fully saturated rings. The van der Waals surface area contributed by atoms with Gasteiger partial charge in [0.1, 0.15) is 0 Å². The molecule has 0 heterocycles. The molecule has 222 valence electrons. The van der Waals surface area contributed by atoms with E-state index in [1.165, 1.54) is 117 Å². The predicted octanol–water partition coefficient (Wildman–Crippen LogP) is 11.9. The van der Waals surface area contributed by atoms with Gasteiger partial charge in [-0.15, -0.1) is 0 Å². The van der Waals surface area contributed by atoms with E-state index in [9.17, 15) is 0 Å². The van der Waals surface area contributed by atoms with E-state index < -0.39 is 0 Å². The highest BCUT2D eigenvalue weighted by Crippen LogP contribution is 2.22. The van der Waals surface area contributed by atoms with Crippen molar-refractivity contribution in [1.29, 1.82) is 10.5 Å². The van der Waals surface area contributed by atoms with Gasteiger partial charge in [0.25, 0.3) is 0 Å². The zero-order valence-corrected chi connectivity index (χ0v) is 26.3. The van der Waals surface area contributed by atoms with Crippen molar-refractivity contribution in [2.45, 2.75) is 97.3 Å². The van der Waals surface area contributed by atoms with Gasteiger partial charge in [0.15, 0.2) is 0 Å². The molecule has 0 aliphatic carbocycles. The van der Waals surface area contributed by atoms with Gasteiger partial charge in [-0.25, -0.2) is 0 Å². The van der Waals surface area contributed by atoms with Crippen molar-refractivity contribution in [2.75, 3.05) is 0 Å². The molecule has 4 rings (SSSR count). The van der Waals surface area contributed by atoms with Crippen LogP contribution in [-0.2, 0) is 12.8 Å². The number of hydrogen-bond acceptors (Lipinski definition) is 2. The van der Waals surface area contributed by atoms with Crippen molar-refractivity contribution in [3.05, 3.63) is 119 Å². The normalized spacial score (nSPS) is 10.3. The Morgan fingerprint density at radius 1 is 0.372 bits per heavy atom. The third-order valence-electron chi connectivity index (χ3n) is 7.99. The molecule has 0 amide bonds. The van der Waals surface area contributed by atoms with Crippen molar-refractivity contribution in [3.63, 3.8) is 0 Å². The van der Waals surface area contributed by atoms with Gasteiger partial charge in [-0.05, 0) is 83.3 Å². The molecule has 43 heavy (non-hydrogen) atoms. The first-order valence-electron chi connectivity index (χ1n) is 16.4. The highest BCUT2D eigenvalue weighted by atomic mass is 14.2. The van der Waals surface area contributed by atoms with Crippen LogP contribution >= 0.6 is 0 Å². The first kappa shape index (κ1) is 33.4. The van der Waals surface area contributed by atoms with Crippen LogP contribution in [0.5, 0.6) is 0 Å². The number of unbranched alkanes of at least 4 members (excludes halogenated alkanes) is 9. The summed E-state index contributed by atoms with van der Waals surface area (Å²) in [7, 11) is 0. The Hall–Kier alpha value is -4.14. The van der Waals surface area contributed by atoms with Crippen LogP contribution < -0.4 is 0 Å². The Kier molecular flexibility index (Phi) is 15.4. The van der Waals surface area contributed by atoms with E-state index in [1.807, 2.05) is 48.5 Å². The van der Waals surface area contributed by atoms with Crippen molar-refractivity contribution >= 4 is 0 Å². The molecule has 0 bridgehead atoms. The Bertz CT molecular complexity index is 1380. The van der Waals surface area contributed by atoms with Crippen LogP contribution in [0.4, 0.5) is 0 Å². The van der Waals surface area contributed by atoms with E-state index in [0.717, 1.165) is 0 Å². The second-order valence-corrected chi connectivity index (χ2v) is 11.5. The maximum atomic E-state index is 8.84. The summed E-state index contributed by atoms with van der Waals surface area (Å²) in [6, 6.07) is 37.5. The van der Waals surface area contributed by atoms with Crippen molar-refractivity contribution in [2.24, 2.45) is 0 Å². The second-order valence-electron chi connectivity index (χ2n) is 11.5. The van der Waals surface area contributed by atoms with Crippen LogP contribution in [0.3, 0.4) is 0 Å². The molecule has 0 aliphatic heterocycles. The van der Waals surface area contributed by atoms with Gasteiger partial charge in [0.05, 0.1) is 23.3 Å². The Morgan fingerprint density at radius 3 is 0.953 bits per heavy atom. The first-order chi connectivity index (χ1) is 21.2. The monoisotopic (exact) mass is 568 g/mol. The van der Waals surface area contributed by atoms with Gasteiger partial charge < -0.3 is 0 Å². The number of hydrogen-bond donors (Lipinski definition) is 0. The summed E-state index contributed by atoms with van der Waals surface area (Å²) in [5.74, 6) is 0. The average Bonchev–Trinajstić information content (AvgIpc) is 3.07. The fraction of sp³-hybridized carbons (Fsp3) is 0.366. The summed E-state index contributed by atoms with van der Waals surface area (Å²) >= 11 is 0. The van der Waals surface area contributed by atoms with Crippen molar-refractivity contribution < 1.29 is 0 Å². The van der Waals surface area contributed by atoms with Gasteiger partial charge in [-0.2, -0.15) is 10.5 Å². The van der Waals surface area contributed by atoms with Gasteiger partial charge in [-0.1, -0.05) is 144 Å². The zero-order chi connectivity index (χ0) is 30.5. The topological polar surface area (TPSA) is 47.6 Å². The van der Waals surface area contributed by atoms with E-state index in [4.69, 9.17) is 10.5 Å². The van der Waals surface area contributed by atoms with E-state index in [0.29, 0.717) is 11.1 Å². The molecule has 4 aromatic rings. The van der Waals surface area contributed by atoms with Crippen LogP contribution in [0.2, 0.25) is 0 Å². The van der Waals surface area contributed by atoms with E-state index >= 15 is 0 Å². The standard InChI is InChI=1S/C21H25N.C20H23N/c1-2-3-4-5-6-7-8-18-9-13-20(14-10-18)21-15-11-19(17-22)12-16-21;1-2-3-4-5-6-7-17-8-12-19(13-9-17)20-14-10-18(16-21)11-15-20/h9-16H,2-8H2,1H3;8-15H,2-7H2,1H3. The minimum Gasteiger partial charge on any atom is -0.192 e. The lowest BCUT2D eigenvalue weighted by molar-refractivity contribution is 0.607. The van der Waals surface area contributed by atoms with Gasteiger partial charge in [0.2, 0.25) is 0 Å².